The van der Waals surface area contributed by atoms with Crippen LogP contribution in [0.25, 0.3) is 0 Å². The average molecular weight is 244 g/mol. The van der Waals surface area contributed by atoms with Crippen LogP contribution in [-0.2, 0) is 4.79 Å². The van der Waals surface area contributed by atoms with E-state index in [9.17, 15) is 9.18 Å². The van der Waals surface area contributed by atoms with Crippen molar-refractivity contribution in [2.45, 2.75) is 6.04 Å². The predicted molar refractivity (Wildman–Crippen MR) is 68.4 cm³/mol. The van der Waals surface area contributed by atoms with Crippen LogP contribution in [0.1, 0.15) is 11.6 Å². The molecule has 0 bridgehead atoms. The van der Waals surface area contributed by atoms with Gasteiger partial charge in [-0.2, -0.15) is 0 Å². The van der Waals surface area contributed by atoms with Crippen molar-refractivity contribution in [2.75, 3.05) is 5.32 Å². The summed E-state index contributed by atoms with van der Waals surface area (Å²) < 4.78 is 13.0. The number of anilines is 1. The molecule has 92 valence electrons. The number of rotatable bonds is 3. The molecule has 0 saturated heterocycles. The number of hydrogen-bond donors (Lipinski definition) is 2. The Balaban J connectivity index is 2.09. The van der Waals surface area contributed by atoms with Crippen LogP contribution in [-0.4, -0.2) is 5.91 Å². The largest absolute Gasteiger partial charge is 0.324 e. The smallest absolute Gasteiger partial charge is 0.245 e. The van der Waals surface area contributed by atoms with E-state index in [0.717, 1.165) is 0 Å². The minimum absolute atomic E-state index is 0.369. The van der Waals surface area contributed by atoms with Crippen molar-refractivity contribution in [3.63, 3.8) is 0 Å². The van der Waals surface area contributed by atoms with Gasteiger partial charge in [0.05, 0.1) is 0 Å². The molecule has 0 aliphatic carbocycles. The van der Waals surface area contributed by atoms with E-state index in [0.29, 0.717) is 11.3 Å². The van der Waals surface area contributed by atoms with Crippen LogP contribution in [0.4, 0.5) is 10.1 Å². The zero-order valence-corrected chi connectivity index (χ0v) is 9.64. The van der Waals surface area contributed by atoms with Gasteiger partial charge in [0.15, 0.2) is 0 Å². The molecular weight excluding hydrogens is 231 g/mol. The molecule has 0 unspecified atom stereocenters. The molecule has 0 radical (unpaired) electrons. The van der Waals surface area contributed by atoms with Crippen molar-refractivity contribution < 1.29 is 9.18 Å². The molecular formula is C14H13FN2O. The molecule has 0 heterocycles. The topological polar surface area (TPSA) is 55.1 Å². The van der Waals surface area contributed by atoms with Gasteiger partial charge < -0.3 is 11.1 Å². The van der Waals surface area contributed by atoms with Crippen molar-refractivity contribution >= 4 is 11.6 Å². The van der Waals surface area contributed by atoms with Gasteiger partial charge in [-0.05, 0) is 23.8 Å². The first-order valence-electron chi connectivity index (χ1n) is 5.54. The molecule has 3 N–H and O–H groups in total. The second-order valence-corrected chi connectivity index (χ2v) is 3.89. The number of nitrogens with one attached hydrogen (secondary N) is 1. The molecule has 0 aliphatic rings. The van der Waals surface area contributed by atoms with Crippen LogP contribution < -0.4 is 11.1 Å². The summed E-state index contributed by atoms with van der Waals surface area (Å²) in [6.07, 6.45) is 0. The quantitative estimate of drug-likeness (QED) is 0.871. The maximum atomic E-state index is 13.0. The molecule has 2 rings (SSSR count). The maximum Gasteiger partial charge on any atom is 0.245 e. The Labute approximate surface area is 104 Å². The Morgan fingerprint density at radius 3 is 2.50 bits per heavy atom. The number of nitrogens with two attached hydrogens (primary N) is 1. The summed E-state index contributed by atoms with van der Waals surface area (Å²) in [5, 5.41) is 2.58. The van der Waals surface area contributed by atoms with E-state index in [4.69, 9.17) is 5.73 Å². The highest BCUT2D eigenvalue weighted by atomic mass is 19.1. The third kappa shape index (κ3) is 2.93. The van der Waals surface area contributed by atoms with E-state index >= 15 is 0 Å². The fourth-order valence-corrected chi connectivity index (χ4v) is 1.60. The van der Waals surface area contributed by atoms with Crippen molar-refractivity contribution in [2.24, 2.45) is 5.73 Å². The van der Waals surface area contributed by atoms with Crippen molar-refractivity contribution in [1.82, 2.24) is 0 Å². The third-order valence-electron chi connectivity index (χ3n) is 2.53. The number of halogens is 1. The monoisotopic (exact) mass is 244 g/mol. The van der Waals surface area contributed by atoms with E-state index in [2.05, 4.69) is 5.32 Å². The molecule has 1 atom stereocenters. The van der Waals surface area contributed by atoms with E-state index in [1.54, 1.807) is 18.2 Å². The number of carbonyl (C=O) groups is 1. The first kappa shape index (κ1) is 12.3. The minimum atomic E-state index is -0.769. The highest BCUT2D eigenvalue weighted by Crippen LogP contribution is 2.14. The first-order chi connectivity index (χ1) is 8.66. The second kappa shape index (κ2) is 5.42. The SMILES string of the molecule is N[C@H](C(=O)Nc1cccc(F)c1)c1ccccc1. The Hall–Kier alpha value is -2.20. The summed E-state index contributed by atoms with van der Waals surface area (Å²) in [5.74, 6) is -0.770. The lowest BCUT2D eigenvalue weighted by Gasteiger charge is -2.12. The van der Waals surface area contributed by atoms with Crippen molar-refractivity contribution in [1.29, 1.82) is 0 Å². The maximum absolute atomic E-state index is 13.0. The van der Waals surface area contributed by atoms with Crippen LogP contribution >= 0.6 is 0 Å². The zero-order valence-electron chi connectivity index (χ0n) is 9.64. The van der Waals surface area contributed by atoms with Gasteiger partial charge in [0, 0.05) is 5.69 Å². The Morgan fingerprint density at radius 2 is 1.83 bits per heavy atom. The molecule has 0 saturated carbocycles. The average Bonchev–Trinajstić information content (AvgIpc) is 2.39. The molecule has 2 aromatic carbocycles. The van der Waals surface area contributed by atoms with Crippen LogP contribution in [0.5, 0.6) is 0 Å². The molecule has 0 fully saturated rings. The van der Waals surface area contributed by atoms with Gasteiger partial charge in [-0.1, -0.05) is 36.4 Å². The molecule has 0 spiro atoms. The van der Waals surface area contributed by atoms with Crippen LogP contribution in [0.3, 0.4) is 0 Å². The van der Waals surface area contributed by atoms with Crippen molar-refractivity contribution in [3.8, 4) is 0 Å². The lowest BCUT2D eigenvalue weighted by molar-refractivity contribution is -0.117. The fraction of sp³-hybridized carbons (Fsp3) is 0.0714. The summed E-state index contributed by atoms with van der Waals surface area (Å²) in [4.78, 5) is 11.9. The number of amides is 1. The van der Waals surface area contributed by atoms with Crippen LogP contribution in [0, 0.1) is 5.82 Å². The fourth-order valence-electron chi connectivity index (χ4n) is 1.60. The van der Waals surface area contributed by atoms with Gasteiger partial charge in [-0.3, -0.25) is 4.79 Å². The van der Waals surface area contributed by atoms with Crippen molar-refractivity contribution in [3.05, 3.63) is 66.0 Å². The predicted octanol–water partition coefficient (Wildman–Crippen LogP) is 2.46. The van der Waals surface area contributed by atoms with Crippen LogP contribution in [0.15, 0.2) is 54.6 Å². The van der Waals surface area contributed by atoms with E-state index in [1.165, 1.54) is 18.2 Å². The molecule has 0 aliphatic heterocycles. The molecule has 2 aromatic rings. The highest BCUT2D eigenvalue weighted by Gasteiger charge is 2.15. The van der Waals surface area contributed by atoms with Gasteiger partial charge in [-0.25, -0.2) is 4.39 Å². The zero-order chi connectivity index (χ0) is 13.0. The van der Waals surface area contributed by atoms with E-state index < -0.39 is 11.9 Å². The summed E-state index contributed by atoms with van der Waals surface area (Å²) >= 11 is 0. The Bertz CT molecular complexity index is 543. The molecule has 1 amide bonds. The number of carbonyl (C=O) groups excluding carboxylic acids is 1. The molecule has 0 aromatic heterocycles. The molecule has 3 nitrogen and oxygen atoms in total. The van der Waals surface area contributed by atoms with Crippen LogP contribution in [0.2, 0.25) is 0 Å². The number of hydrogen-bond acceptors (Lipinski definition) is 2. The highest BCUT2D eigenvalue weighted by molar-refractivity contribution is 5.95. The van der Waals surface area contributed by atoms with Gasteiger partial charge in [0.1, 0.15) is 11.9 Å². The summed E-state index contributed by atoms with van der Waals surface area (Å²) in [6, 6.07) is 13.9. The Morgan fingerprint density at radius 1 is 1.11 bits per heavy atom. The van der Waals surface area contributed by atoms with E-state index in [1.807, 2.05) is 18.2 Å². The molecule has 4 heteroatoms. The summed E-state index contributed by atoms with van der Waals surface area (Å²) in [7, 11) is 0. The third-order valence-corrected chi connectivity index (χ3v) is 2.53. The summed E-state index contributed by atoms with van der Waals surface area (Å²) in [5.41, 5.74) is 6.93. The van der Waals surface area contributed by atoms with Gasteiger partial charge in [0.2, 0.25) is 5.91 Å². The second-order valence-electron chi connectivity index (χ2n) is 3.89. The first-order valence-corrected chi connectivity index (χ1v) is 5.54. The molecule has 18 heavy (non-hydrogen) atoms. The van der Waals surface area contributed by atoms with Gasteiger partial charge in [0.25, 0.3) is 0 Å². The van der Waals surface area contributed by atoms with Gasteiger partial charge in [-0.15, -0.1) is 0 Å². The Kier molecular flexibility index (Phi) is 3.69. The standard InChI is InChI=1S/C14H13FN2O/c15-11-7-4-8-12(9-11)17-14(18)13(16)10-5-2-1-3-6-10/h1-9,13H,16H2,(H,17,18)/t13-/m0/s1. The lowest BCUT2D eigenvalue weighted by atomic mass is 10.1. The minimum Gasteiger partial charge on any atom is -0.324 e. The normalized spacial score (nSPS) is 11.9. The van der Waals surface area contributed by atoms with E-state index in [-0.39, 0.29) is 5.91 Å². The summed E-state index contributed by atoms with van der Waals surface area (Å²) in [6.45, 7) is 0. The number of benzene rings is 2. The lowest BCUT2D eigenvalue weighted by Crippen LogP contribution is -2.27. The van der Waals surface area contributed by atoms with Gasteiger partial charge >= 0.3 is 0 Å².